The second kappa shape index (κ2) is 6.55. The second-order valence-electron chi connectivity index (χ2n) is 3.77. The fourth-order valence-corrected chi connectivity index (χ4v) is 2.64. The van der Waals surface area contributed by atoms with Gasteiger partial charge in [0.1, 0.15) is 6.20 Å². The highest BCUT2D eigenvalue weighted by Gasteiger charge is 2.12. The largest absolute Gasteiger partial charge is 0.361 e. The van der Waals surface area contributed by atoms with Gasteiger partial charge in [-0.3, -0.25) is 0 Å². The number of hydrogen-bond acceptors (Lipinski definition) is 4. The lowest BCUT2D eigenvalue weighted by Gasteiger charge is -2.02. The number of alkyl halides is 1. The van der Waals surface area contributed by atoms with Crippen LogP contribution in [0.15, 0.2) is 23.5 Å². The van der Waals surface area contributed by atoms with Gasteiger partial charge >= 0.3 is 0 Å². The maximum atomic E-state index is 6.87. The van der Waals surface area contributed by atoms with Gasteiger partial charge in [-0.1, -0.05) is 24.4 Å². The molecule has 0 saturated carbocycles. The summed E-state index contributed by atoms with van der Waals surface area (Å²) in [7, 11) is 1.92. The number of pyridine rings is 1. The zero-order valence-corrected chi connectivity index (χ0v) is 11.9. The molecular formula is C12H12ClN5S. The number of thioether (sulfide) groups is 1. The average Bonchev–Trinajstić information content (AvgIpc) is 2.81. The Morgan fingerprint density at radius 3 is 2.89 bits per heavy atom. The number of hydrogen-bond donors (Lipinski definition) is 0. The van der Waals surface area contributed by atoms with E-state index in [1.807, 2.05) is 17.7 Å². The van der Waals surface area contributed by atoms with E-state index in [2.05, 4.69) is 20.0 Å². The molecule has 2 aromatic rings. The third-order valence-electron chi connectivity index (χ3n) is 2.46. The summed E-state index contributed by atoms with van der Waals surface area (Å²) < 4.78 is 1.92. The summed E-state index contributed by atoms with van der Waals surface area (Å²) in [6.45, 7) is 6.87. The van der Waals surface area contributed by atoms with E-state index in [0.717, 1.165) is 28.7 Å². The number of aromatic nitrogens is 4. The molecule has 19 heavy (non-hydrogen) atoms. The van der Waals surface area contributed by atoms with Gasteiger partial charge in [-0.2, -0.15) is 0 Å². The lowest BCUT2D eigenvalue weighted by Crippen LogP contribution is -1.95. The van der Waals surface area contributed by atoms with Crippen LogP contribution < -0.4 is 0 Å². The topological polar surface area (TPSA) is 48.0 Å². The van der Waals surface area contributed by atoms with Gasteiger partial charge in [0.25, 0.3) is 5.82 Å². The molecule has 2 rings (SSSR count). The van der Waals surface area contributed by atoms with Crippen LogP contribution in [0.5, 0.6) is 0 Å². The van der Waals surface area contributed by atoms with E-state index in [0.29, 0.717) is 11.7 Å². The van der Waals surface area contributed by atoms with Crippen molar-refractivity contribution in [3.63, 3.8) is 0 Å². The lowest BCUT2D eigenvalue weighted by atomic mass is 10.2. The minimum atomic E-state index is 0.377. The molecule has 98 valence electrons. The zero-order valence-electron chi connectivity index (χ0n) is 10.4. The molecule has 2 heterocycles. The van der Waals surface area contributed by atoms with Gasteiger partial charge in [-0.05, 0) is 12.5 Å². The Bertz CT molecular complexity index is 587. The van der Waals surface area contributed by atoms with E-state index in [1.54, 1.807) is 24.0 Å². The molecule has 0 radical (unpaired) electrons. The van der Waals surface area contributed by atoms with Crippen LogP contribution in [-0.2, 0) is 7.05 Å². The summed E-state index contributed by atoms with van der Waals surface area (Å²) in [6, 6.07) is 3.51. The van der Waals surface area contributed by atoms with E-state index < -0.39 is 0 Å². The van der Waals surface area contributed by atoms with Gasteiger partial charge in [0.05, 0.1) is 5.56 Å². The summed E-state index contributed by atoms with van der Waals surface area (Å²) in [5.74, 6) is 2.70. The second-order valence-corrected chi connectivity index (χ2v) is 5.21. The molecule has 0 fully saturated rings. The van der Waals surface area contributed by atoms with E-state index >= 15 is 0 Å². The van der Waals surface area contributed by atoms with Gasteiger partial charge in [-0.15, -0.1) is 26.8 Å². The minimum absolute atomic E-state index is 0.377. The fourth-order valence-electron chi connectivity index (χ4n) is 1.49. The van der Waals surface area contributed by atoms with E-state index in [4.69, 9.17) is 18.2 Å². The van der Waals surface area contributed by atoms with E-state index in [9.17, 15) is 0 Å². The third-order valence-corrected chi connectivity index (χ3v) is 3.84. The van der Waals surface area contributed by atoms with Crippen LogP contribution >= 0.6 is 23.4 Å². The summed E-state index contributed by atoms with van der Waals surface area (Å²) in [4.78, 5) is 7.30. The van der Waals surface area contributed by atoms with Gasteiger partial charge < -0.3 is 9.41 Å². The Hall–Kier alpha value is -1.58. The number of rotatable bonds is 5. The molecule has 0 saturated heterocycles. The molecule has 0 unspecified atom stereocenters. The first-order valence-electron chi connectivity index (χ1n) is 5.68. The Morgan fingerprint density at radius 1 is 1.42 bits per heavy atom. The van der Waals surface area contributed by atoms with Crippen molar-refractivity contribution in [2.24, 2.45) is 7.05 Å². The highest BCUT2D eigenvalue weighted by Crippen LogP contribution is 2.23. The quantitative estimate of drug-likeness (QED) is 0.368. The summed E-state index contributed by atoms with van der Waals surface area (Å²) in [5, 5.41) is 9.17. The number of nitrogens with zero attached hydrogens (tertiary/aromatic N) is 5. The molecule has 2 aromatic heterocycles. The Kier molecular flexibility index (Phi) is 4.77. The highest BCUT2D eigenvalue weighted by atomic mass is 35.5. The van der Waals surface area contributed by atoms with Crippen LogP contribution in [-0.4, -0.2) is 31.4 Å². The number of halogens is 1. The average molecular weight is 294 g/mol. The maximum absolute atomic E-state index is 6.87. The predicted molar refractivity (Wildman–Crippen MR) is 76.6 cm³/mol. The van der Waals surface area contributed by atoms with Crippen molar-refractivity contribution >= 4 is 29.2 Å². The monoisotopic (exact) mass is 293 g/mol. The van der Waals surface area contributed by atoms with Crippen molar-refractivity contribution in [3.8, 4) is 11.4 Å². The van der Waals surface area contributed by atoms with E-state index in [-0.39, 0.29) is 0 Å². The van der Waals surface area contributed by atoms with Crippen molar-refractivity contribution < 1.29 is 0 Å². The molecule has 0 aromatic carbocycles. The van der Waals surface area contributed by atoms with Crippen molar-refractivity contribution in [1.82, 2.24) is 19.7 Å². The van der Waals surface area contributed by atoms with Crippen LogP contribution in [0.25, 0.3) is 16.2 Å². The van der Waals surface area contributed by atoms with Crippen LogP contribution in [0.3, 0.4) is 0 Å². The van der Waals surface area contributed by atoms with Crippen molar-refractivity contribution in [1.29, 1.82) is 0 Å². The molecule has 7 heteroatoms. The summed E-state index contributed by atoms with van der Waals surface area (Å²) in [5.41, 5.74) is 0.853. The zero-order chi connectivity index (χ0) is 13.7. The standard InChI is InChI=1S/C12H12ClN5S/c1-14-10-5-4-9(8-15-10)11-16-17-12(18(11)2)19-7-3-6-13/h4-5,8H,3,6-7H2,2H3. The first-order chi connectivity index (χ1) is 9.26. The molecule has 0 spiro atoms. The van der Waals surface area contributed by atoms with Crippen molar-refractivity contribution in [2.75, 3.05) is 11.6 Å². The minimum Gasteiger partial charge on any atom is -0.361 e. The summed E-state index contributed by atoms with van der Waals surface area (Å²) >= 11 is 7.28. The molecule has 0 aliphatic rings. The molecule has 0 atom stereocenters. The fraction of sp³-hybridized carbons (Fsp3) is 0.333. The predicted octanol–water partition coefficient (Wildman–Crippen LogP) is 3.15. The smallest absolute Gasteiger partial charge is 0.269 e. The van der Waals surface area contributed by atoms with Crippen LogP contribution in [0.1, 0.15) is 6.42 Å². The molecule has 5 nitrogen and oxygen atoms in total. The molecule has 0 amide bonds. The van der Waals surface area contributed by atoms with Gasteiger partial charge in [0.15, 0.2) is 11.0 Å². The van der Waals surface area contributed by atoms with Crippen molar-refractivity contribution in [3.05, 3.63) is 29.7 Å². The molecule has 0 aliphatic carbocycles. The van der Waals surface area contributed by atoms with Crippen LogP contribution in [0.2, 0.25) is 0 Å². The highest BCUT2D eigenvalue weighted by molar-refractivity contribution is 7.99. The van der Waals surface area contributed by atoms with Gasteiger partial charge in [0, 0.05) is 18.7 Å². The first kappa shape index (κ1) is 13.8. The third kappa shape index (κ3) is 3.25. The molecule has 0 aliphatic heterocycles. The maximum Gasteiger partial charge on any atom is 0.269 e. The SMILES string of the molecule is [C-]#[N+]c1ccc(-c2nnc(SCCCCl)n2C)cn1. The van der Waals surface area contributed by atoms with Crippen LogP contribution in [0, 0.1) is 6.57 Å². The molecule has 0 bridgehead atoms. The Morgan fingerprint density at radius 2 is 2.26 bits per heavy atom. The molecular weight excluding hydrogens is 282 g/mol. The van der Waals surface area contributed by atoms with E-state index in [1.165, 1.54) is 0 Å². The normalized spacial score (nSPS) is 10.4. The lowest BCUT2D eigenvalue weighted by molar-refractivity contribution is 0.793. The summed E-state index contributed by atoms with van der Waals surface area (Å²) in [6.07, 6.45) is 2.58. The van der Waals surface area contributed by atoms with Crippen molar-refractivity contribution in [2.45, 2.75) is 11.6 Å². The Labute approximate surface area is 120 Å². The first-order valence-corrected chi connectivity index (χ1v) is 7.20. The Balaban J connectivity index is 2.18. The van der Waals surface area contributed by atoms with Crippen LogP contribution in [0.4, 0.5) is 5.82 Å². The van der Waals surface area contributed by atoms with Gasteiger partial charge in [-0.25, -0.2) is 0 Å². The molecule has 0 N–H and O–H groups in total. The van der Waals surface area contributed by atoms with Gasteiger partial charge in [0.2, 0.25) is 0 Å².